The zero-order valence-electron chi connectivity index (χ0n) is 17.7. The van der Waals surface area contributed by atoms with Gasteiger partial charge in [0.25, 0.3) is 5.91 Å². The van der Waals surface area contributed by atoms with Crippen molar-refractivity contribution in [2.75, 3.05) is 11.9 Å². The van der Waals surface area contributed by atoms with E-state index in [1.54, 1.807) is 31.2 Å². The summed E-state index contributed by atoms with van der Waals surface area (Å²) in [6, 6.07) is 16.3. The van der Waals surface area contributed by atoms with Crippen LogP contribution in [0.1, 0.15) is 17.3 Å². The van der Waals surface area contributed by atoms with Crippen LogP contribution in [0, 0.1) is 10.1 Å². The van der Waals surface area contributed by atoms with Gasteiger partial charge < -0.3 is 14.5 Å². The lowest BCUT2D eigenvalue weighted by atomic mass is 10.1. The molecule has 0 unspecified atom stereocenters. The Morgan fingerprint density at radius 2 is 2.00 bits per heavy atom. The molecule has 0 spiro atoms. The number of benzene rings is 3. The summed E-state index contributed by atoms with van der Waals surface area (Å²) in [7, 11) is 0. The summed E-state index contributed by atoms with van der Waals surface area (Å²) in [6.45, 7) is 1.97. The van der Waals surface area contributed by atoms with Crippen LogP contribution in [0.3, 0.4) is 0 Å². The summed E-state index contributed by atoms with van der Waals surface area (Å²) < 4.78 is 11.0. The first-order valence-corrected chi connectivity index (χ1v) is 10.8. The molecule has 9 nitrogen and oxygen atoms in total. The molecule has 3 aromatic carbocycles. The molecular formula is C23H17ClN4O5S. The van der Waals surface area contributed by atoms with E-state index in [2.05, 4.69) is 15.6 Å². The molecule has 0 radical (unpaired) electrons. The molecule has 4 aromatic rings. The van der Waals surface area contributed by atoms with Crippen LogP contribution in [0.2, 0.25) is 5.02 Å². The number of rotatable bonds is 6. The number of halogens is 1. The van der Waals surface area contributed by atoms with Gasteiger partial charge in [0, 0.05) is 17.3 Å². The quantitative estimate of drug-likeness (QED) is 0.201. The van der Waals surface area contributed by atoms with Crippen molar-refractivity contribution in [1.29, 1.82) is 0 Å². The topological polar surface area (TPSA) is 120 Å². The van der Waals surface area contributed by atoms with Gasteiger partial charge >= 0.3 is 5.69 Å². The second-order valence-electron chi connectivity index (χ2n) is 6.96. The lowest BCUT2D eigenvalue weighted by Gasteiger charge is -2.11. The minimum Gasteiger partial charge on any atom is -0.487 e. The number of nitrogens with one attached hydrogen (secondary N) is 2. The molecule has 4 rings (SSSR count). The van der Waals surface area contributed by atoms with Gasteiger partial charge in [-0.15, -0.1) is 0 Å². The first kappa shape index (κ1) is 23.1. The molecule has 1 heterocycles. The molecule has 172 valence electrons. The molecule has 0 bridgehead atoms. The number of oxazole rings is 1. The summed E-state index contributed by atoms with van der Waals surface area (Å²) >= 11 is 11.6. The maximum absolute atomic E-state index is 12.6. The second-order valence-corrected chi connectivity index (χ2v) is 7.78. The van der Waals surface area contributed by atoms with Crippen molar-refractivity contribution in [2.24, 2.45) is 0 Å². The van der Waals surface area contributed by atoms with Crippen LogP contribution in [0.25, 0.3) is 22.6 Å². The van der Waals surface area contributed by atoms with Crippen LogP contribution in [0.4, 0.5) is 11.4 Å². The average molecular weight is 497 g/mol. The monoisotopic (exact) mass is 496 g/mol. The van der Waals surface area contributed by atoms with Crippen molar-refractivity contribution in [1.82, 2.24) is 10.3 Å². The van der Waals surface area contributed by atoms with E-state index in [0.717, 1.165) is 6.07 Å². The smallest absolute Gasteiger partial charge is 0.311 e. The minimum absolute atomic E-state index is 0.00706. The number of thiocarbonyl (C=S) groups is 1. The molecule has 0 aliphatic carbocycles. The summed E-state index contributed by atoms with van der Waals surface area (Å²) in [5, 5.41) is 17.1. The number of nitrogens with zero attached hydrogens (tertiary/aromatic N) is 2. The molecular weight excluding hydrogens is 480 g/mol. The number of anilines is 1. The van der Waals surface area contributed by atoms with Crippen molar-refractivity contribution in [3.63, 3.8) is 0 Å². The summed E-state index contributed by atoms with van der Waals surface area (Å²) in [4.78, 5) is 27.7. The van der Waals surface area contributed by atoms with Gasteiger partial charge in [-0.2, -0.15) is 0 Å². The fraction of sp³-hybridized carbons (Fsp3) is 0.0870. The Hall–Kier alpha value is -4.02. The third-order valence-electron chi connectivity index (χ3n) is 4.69. The Kier molecular flexibility index (Phi) is 6.71. The first-order valence-electron chi connectivity index (χ1n) is 10.0. The van der Waals surface area contributed by atoms with E-state index < -0.39 is 10.8 Å². The number of hydrogen-bond acceptors (Lipinski definition) is 7. The zero-order chi connectivity index (χ0) is 24.2. The van der Waals surface area contributed by atoms with Crippen molar-refractivity contribution in [3.05, 3.63) is 81.4 Å². The number of aromatic nitrogens is 1. The van der Waals surface area contributed by atoms with Crippen LogP contribution in [0.5, 0.6) is 5.75 Å². The molecule has 1 amide bonds. The van der Waals surface area contributed by atoms with E-state index in [0.29, 0.717) is 33.3 Å². The van der Waals surface area contributed by atoms with E-state index in [1.165, 1.54) is 12.1 Å². The fourth-order valence-corrected chi connectivity index (χ4v) is 3.58. The highest BCUT2D eigenvalue weighted by Gasteiger charge is 2.19. The van der Waals surface area contributed by atoms with Crippen LogP contribution in [0.15, 0.2) is 65.1 Å². The average Bonchev–Trinajstić information content (AvgIpc) is 3.24. The summed E-state index contributed by atoms with van der Waals surface area (Å²) in [6.07, 6.45) is 0. The number of hydrogen-bond donors (Lipinski definition) is 2. The van der Waals surface area contributed by atoms with E-state index in [4.69, 9.17) is 33.0 Å². The van der Waals surface area contributed by atoms with Gasteiger partial charge in [-0.25, -0.2) is 4.98 Å². The predicted octanol–water partition coefficient (Wildman–Crippen LogP) is 5.58. The zero-order valence-corrected chi connectivity index (χ0v) is 19.3. The maximum atomic E-state index is 12.6. The molecule has 0 saturated carbocycles. The Bertz CT molecular complexity index is 1390. The van der Waals surface area contributed by atoms with E-state index in [-0.39, 0.29) is 28.7 Å². The lowest BCUT2D eigenvalue weighted by Crippen LogP contribution is -2.34. The van der Waals surface area contributed by atoms with Gasteiger partial charge in [0.15, 0.2) is 16.4 Å². The number of fused-ring (bicyclic) bond motifs is 1. The number of para-hydroxylation sites is 2. The lowest BCUT2D eigenvalue weighted by molar-refractivity contribution is -0.385. The van der Waals surface area contributed by atoms with Gasteiger partial charge in [0.2, 0.25) is 5.89 Å². The number of carbonyl (C=O) groups is 1. The normalized spacial score (nSPS) is 10.6. The van der Waals surface area contributed by atoms with Crippen LogP contribution in [-0.2, 0) is 0 Å². The Morgan fingerprint density at radius 1 is 1.21 bits per heavy atom. The maximum Gasteiger partial charge on any atom is 0.311 e. The number of amides is 1. The SMILES string of the molecule is CCOc1ccc(C(=O)NC(=S)Nc2ccc(Cl)c(-c3nc4ccccc4o3)c2)cc1[N+](=O)[O-]. The molecule has 11 heteroatoms. The molecule has 1 aromatic heterocycles. The summed E-state index contributed by atoms with van der Waals surface area (Å²) in [5.41, 5.74) is 2.14. The molecule has 0 aliphatic heterocycles. The molecule has 0 saturated heterocycles. The number of carbonyl (C=O) groups excluding carboxylic acids is 1. The van der Waals surface area contributed by atoms with E-state index in [1.807, 2.05) is 18.2 Å². The van der Waals surface area contributed by atoms with Crippen molar-refractivity contribution >= 4 is 57.3 Å². The highest BCUT2D eigenvalue weighted by Crippen LogP contribution is 2.32. The van der Waals surface area contributed by atoms with Crippen molar-refractivity contribution < 1.29 is 18.9 Å². The second kappa shape index (κ2) is 9.86. The van der Waals surface area contributed by atoms with Crippen LogP contribution >= 0.6 is 23.8 Å². The number of nitro benzene ring substituents is 1. The first-order chi connectivity index (χ1) is 16.4. The molecule has 2 N–H and O–H groups in total. The Morgan fingerprint density at radius 3 is 2.74 bits per heavy atom. The molecule has 0 fully saturated rings. The van der Waals surface area contributed by atoms with Crippen LogP contribution in [-0.4, -0.2) is 27.5 Å². The summed E-state index contributed by atoms with van der Waals surface area (Å²) in [5.74, 6) is -0.194. The van der Waals surface area contributed by atoms with Crippen molar-refractivity contribution in [2.45, 2.75) is 6.92 Å². The number of ether oxygens (including phenoxy) is 1. The van der Waals surface area contributed by atoms with Gasteiger partial charge in [-0.3, -0.25) is 20.2 Å². The molecule has 0 aliphatic rings. The van der Waals surface area contributed by atoms with E-state index >= 15 is 0 Å². The highest BCUT2D eigenvalue weighted by molar-refractivity contribution is 7.80. The molecule has 34 heavy (non-hydrogen) atoms. The van der Waals surface area contributed by atoms with Gasteiger partial charge in [-0.1, -0.05) is 23.7 Å². The van der Waals surface area contributed by atoms with Gasteiger partial charge in [-0.05, 0) is 61.6 Å². The minimum atomic E-state index is -0.614. The third kappa shape index (κ3) is 4.98. The van der Waals surface area contributed by atoms with Gasteiger partial charge in [0.05, 0.1) is 22.1 Å². The van der Waals surface area contributed by atoms with Crippen LogP contribution < -0.4 is 15.4 Å². The fourth-order valence-electron chi connectivity index (χ4n) is 3.17. The highest BCUT2D eigenvalue weighted by atomic mass is 35.5. The van der Waals surface area contributed by atoms with Crippen molar-refractivity contribution in [3.8, 4) is 17.2 Å². The van der Waals surface area contributed by atoms with Gasteiger partial charge in [0.1, 0.15) is 5.52 Å². The third-order valence-corrected chi connectivity index (χ3v) is 5.23. The van der Waals surface area contributed by atoms with E-state index in [9.17, 15) is 14.9 Å². The Labute approximate surface area is 203 Å². The molecule has 0 atom stereocenters. The number of nitro groups is 1. The predicted molar refractivity (Wildman–Crippen MR) is 132 cm³/mol. The largest absolute Gasteiger partial charge is 0.487 e. The standard InChI is InChI=1S/C23H17ClN4O5S/c1-2-32-20-10-7-13(11-18(20)28(30)31)21(29)27-23(34)25-14-8-9-16(24)15(12-14)22-26-17-5-3-4-6-19(17)33-22/h3-12H,2H2,1H3,(H2,25,27,29,34). The Balaban J connectivity index is 1.50.